The summed E-state index contributed by atoms with van der Waals surface area (Å²) in [4.78, 5) is 11.6. The fourth-order valence-electron chi connectivity index (χ4n) is 2.67. The summed E-state index contributed by atoms with van der Waals surface area (Å²) >= 11 is 0. The smallest absolute Gasteiger partial charge is 0.244 e. The molecule has 6 nitrogen and oxygen atoms in total. The van der Waals surface area contributed by atoms with Crippen LogP contribution >= 0.6 is 0 Å². The van der Waals surface area contributed by atoms with Gasteiger partial charge >= 0.3 is 0 Å². The van der Waals surface area contributed by atoms with Crippen molar-refractivity contribution in [3.8, 4) is 0 Å². The number of benzene rings is 1. The second-order valence-corrected chi connectivity index (χ2v) is 6.93. The van der Waals surface area contributed by atoms with Crippen LogP contribution in [0, 0.1) is 13.8 Å². The van der Waals surface area contributed by atoms with Gasteiger partial charge in [-0.15, -0.1) is 0 Å². The Balaban J connectivity index is 2.57. The number of rotatable bonds is 3. The molecule has 110 valence electrons. The molecule has 1 unspecified atom stereocenters. The molecule has 7 heteroatoms. The molecule has 0 saturated carbocycles. The quantitative estimate of drug-likeness (QED) is 0.793. The van der Waals surface area contributed by atoms with Crippen LogP contribution in [0.4, 0.5) is 5.69 Å². The molecule has 1 aromatic rings. The summed E-state index contributed by atoms with van der Waals surface area (Å²) in [7, 11) is -3.76. The zero-order chi connectivity index (χ0) is 15.1. The number of amides is 1. The zero-order valence-corrected chi connectivity index (χ0v) is 12.4. The summed E-state index contributed by atoms with van der Waals surface area (Å²) in [6, 6.07) is 2.59. The van der Waals surface area contributed by atoms with Crippen molar-refractivity contribution in [2.24, 2.45) is 5.73 Å². The van der Waals surface area contributed by atoms with Crippen LogP contribution in [0.2, 0.25) is 0 Å². The van der Waals surface area contributed by atoms with E-state index in [2.05, 4.69) is 0 Å². The maximum Gasteiger partial charge on any atom is 0.244 e. The van der Waals surface area contributed by atoms with Crippen molar-refractivity contribution >= 4 is 21.6 Å². The lowest BCUT2D eigenvalue weighted by Crippen LogP contribution is -2.44. The SMILES string of the molecule is Cc1ccc(N)c(C)c1S(=O)(=O)N1CCCC1C(N)=O. The minimum absolute atomic E-state index is 0.186. The number of hydrogen-bond donors (Lipinski definition) is 2. The first-order chi connectivity index (χ1) is 9.26. The minimum Gasteiger partial charge on any atom is -0.398 e. The Labute approximate surface area is 118 Å². The largest absolute Gasteiger partial charge is 0.398 e. The fraction of sp³-hybridized carbons (Fsp3) is 0.462. The van der Waals surface area contributed by atoms with Crippen LogP contribution in [0.15, 0.2) is 17.0 Å². The third-order valence-corrected chi connectivity index (χ3v) is 5.94. The van der Waals surface area contributed by atoms with E-state index in [9.17, 15) is 13.2 Å². The first kappa shape index (κ1) is 14.8. The van der Waals surface area contributed by atoms with Crippen LogP contribution in [-0.4, -0.2) is 31.2 Å². The van der Waals surface area contributed by atoms with Crippen LogP contribution in [-0.2, 0) is 14.8 Å². The molecular weight excluding hydrogens is 278 g/mol. The van der Waals surface area contributed by atoms with E-state index in [0.29, 0.717) is 36.2 Å². The summed E-state index contributed by atoms with van der Waals surface area (Å²) in [5, 5.41) is 0. The Hall–Kier alpha value is -1.60. The molecule has 1 aliphatic rings. The highest BCUT2D eigenvalue weighted by atomic mass is 32.2. The number of nitrogen functional groups attached to an aromatic ring is 1. The summed E-state index contributed by atoms with van der Waals surface area (Å²) in [6.45, 7) is 3.70. The Morgan fingerprint density at radius 3 is 2.60 bits per heavy atom. The first-order valence-corrected chi connectivity index (χ1v) is 7.87. The van der Waals surface area contributed by atoms with Crippen LogP contribution in [0.5, 0.6) is 0 Å². The van der Waals surface area contributed by atoms with Gasteiger partial charge < -0.3 is 11.5 Å². The standard InChI is InChI=1S/C13H19N3O3S/c1-8-5-6-10(14)9(2)12(8)20(18,19)16-7-3-4-11(16)13(15)17/h5-6,11H,3-4,7,14H2,1-2H3,(H2,15,17). The van der Waals surface area contributed by atoms with Gasteiger partial charge in [0.15, 0.2) is 0 Å². The number of carbonyl (C=O) groups is 1. The molecule has 0 radical (unpaired) electrons. The monoisotopic (exact) mass is 297 g/mol. The average Bonchev–Trinajstić information content (AvgIpc) is 2.84. The molecule has 1 aromatic carbocycles. The van der Waals surface area contributed by atoms with Gasteiger partial charge in [0.25, 0.3) is 0 Å². The molecule has 2 rings (SSSR count). The summed E-state index contributed by atoms with van der Waals surface area (Å²) in [5.74, 6) is -0.606. The zero-order valence-electron chi connectivity index (χ0n) is 11.6. The van der Waals surface area contributed by atoms with Gasteiger partial charge in [0.2, 0.25) is 15.9 Å². The van der Waals surface area contributed by atoms with Crippen molar-refractivity contribution in [3.05, 3.63) is 23.3 Å². The fourth-order valence-corrected chi connectivity index (χ4v) is 4.80. The molecule has 1 amide bonds. The van der Waals surface area contributed by atoms with E-state index < -0.39 is 22.0 Å². The van der Waals surface area contributed by atoms with E-state index >= 15 is 0 Å². The van der Waals surface area contributed by atoms with Gasteiger partial charge in [-0.05, 0) is 43.9 Å². The summed E-state index contributed by atoms with van der Waals surface area (Å²) in [6.07, 6.45) is 1.10. The van der Waals surface area contributed by atoms with E-state index in [1.54, 1.807) is 26.0 Å². The number of aryl methyl sites for hydroxylation is 1. The van der Waals surface area contributed by atoms with Crippen molar-refractivity contribution < 1.29 is 13.2 Å². The van der Waals surface area contributed by atoms with E-state index in [0.717, 1.165) is 0 Å². The third-order valence-electron chi connectivity index (χ3n) is 3.74. The molecule has 4 N–H and O–H groups in total. The molecule has 0 aromatic heterocycles. The number of nitrogens with zero attached hydrogens (tertiary/aromatic N) is 1. The van der Waals surface area contributed by atoms with Crippen LogP contribution in [0.3, 0.4) is 0 Å². The molecule has 1 aliphatic heterocycles. The first-order valence-electron chi connectivity index (χ1n) is 6.43. The number of nitrogens with two attached hydrogens (primary N) is 2. The second kappa shape index (κ2) is 5.06. The molecule has 1 atom stereocenters. The van der Waals surface area contributed by atoms with Gasteiger partial charge in [0.05, 0.1) is 4.90 Å². The van der Waals surface area contributed by atoms with Gasteiger partial charge in [-0.3, -0.25) is 4.79 Å². The number of sulfonamides is 1. The highest BCUT2D eigenvalue weighted by molar-refractivity contribution is 7.89. The third kappa shape index (κ3) is 2.27. The number of hydrogen-bond acceptors (Lipinski definition) is 4. The van der Waals surface area contributed by atoms with Gasteiger partial charge in [-0.2, -0.15) is 4.31 Å². The molecule has 0 bridgehead atoms. The van der Waals surface area contributed by atoms with E-state index in [-0.39, 0.29) is 4.90 Å². The Morgan fingerprint density at radius 1 is 1.35 bits per heavy atom. The number of anilines is 1. The molecule has 1 saturated heterocycles. The highest BCUT2D eigenvalue weighted by Crippen LogP contribution is 2.31. The molecule has 1 fully saturated rings. The summed E-state index contributed by atoms with van der Waals surface area (Å²) in [5.41, 5.74) is 12.7. The lowest BCUT2D eigenvalue weighted by molar-refractivity contribution is -0.121. The minimum atomic E-state index is -3.76. The Kier molecular flexibility index (Phi) is 3.75. The molecule has 1 heterocycles. The van der Waals surface area contributed by atoms with Crippen LogP contribution in [0.1, 0.15) is 24.0 Å². The Bertz CT molecular complexity index is 655. The maximum absolute atomic E-state index is 12.8. The molecular formula is C13H19N3O3S. The molecule has 20 heavy (non-hydrogen) atoms. The van der Waals surface area contributed by atoms with E-state index in [1.165, 1.54) is 4.31 Å². The topological polar surface area (TPSA) is 106 Å². The number of carbonyl (C=O) groups excluding carboxylic acids is 1. The van der Waals surface area contributed by atoms with E-state index in [4.69, 9.17) is 11.5 Å². The van der Waals surface area contributed by atoms with Crippen LogP contribution in [0.25, 0.3) is 0 Å². The second-order valence-electron chi connectivity index (χ2n) is 5.10. The predicted octanol–water partition coefficient (Wildman–Crippen LogP) is 0.524. The number of primary amides is 1. The highest BCUT2D eigenvalue weighted by Gasteiger charge is 2.39. The summed E-state index contributed by atoms with van der Waals surface area (Å²) < 4.78 is 26.8. The predicted molar refractivity (Wildman–Crippen MR) is 76.4 cm³/mol. The van der Waals surface area contributed by atoms with Gasteiger partial charge in [-0.25, -0.2) is 8.42 Å². The van der Waals surface area contributed by atoms with E-state index in [1.807, 2.05) is 0 Å². The van der Waals surface area contributed by atoms with Crippen molar-refractivity contribution in [2.75, 3.05) is 12.3 Å². The van der Waals surface area contributed by atoms with Crippen molar-refractivity contribution in [2.45, 2.75) is 37.6 Å². The average molecular weight is 297 g/mol. The maximum atomic E-state index is 12.8. The van der Waals surface area contributed by atoms with Crippen molar-refractivity contribution in [3.63, 3.8) is 0 Å². The lowest BCUT2D eigenvalue weighted by atomic mass is 10.1. The molecule has 0 spiro atoms. The Morgan fingerprint density at radius 2 is 2.00 bits per heavy atom. The van der Waals surface area contributed by atoms with Crippen molar-refractivity contribution in [1.29, 1.82) is 0 Å². The van der Waals surface area contributed by atoms with Gasteiger partial charge in [0.1, 0.15) is 6.04 Å². The lowest BCUT2D eigenvalue weighted by Gasteiger charge is -2.24. The normalized spacial score (nSPS) is 20.2. The van der Waals surface area contributed by atoms with Gasteiger partial charge in [-0.1, -0.05) is 6.07 Å². The van der Waals surface area contributed by atoms with Gasteiger partial charge in [0, 0.05) is 12.2 Å². The van der Waals surface area contributed by atoms with Crippen LogP contribution < -0.4 is 11.5 Å². The van der Waals surface area contributed by atoms with Crippen molar-refractivity contribution in [1.82, 2.24) is 4.31 Å². The molecule has 0 aliphatic carbocycles.